The zero-order valence-corrected chi connectivity index (χ0v) is 27.4. The number of carbonyl (C=O) groups is 1. The van der Waals surface area contributed by atoms with Gasteiger partial charge in [-0.05, 0) is 50.0 Å². The Morgan fingerprint density at radius 3 is 2.63 bits per heavy atom. The van der Waals surface area contributed by atoms with Crippen molar-refractivity contribution in [2.75, 3.05) is 19.8 Å². The SMILES string of the molecule is CCCCCCCC1=C(NC(=O)C(C(N)N)C2CC(C)(CCCC)/C=C\C(F)=C=N2)C(N2CNC(CCCC)C2)CCN1. The lowest BCUT2D eigenvalue weighted by molar-refractivity contribution is -0.126. The van der Waals surface area contributed by atoms with E-state index in [9.17, 15) is 9.18 Å². The Labute approximate surface area is 260 Å². The van der Waals surface area contributed by atoms with Gasteiger partial charge in [0.1, 0.15) is 0 Å². The molecule has 3 rings (SSSR count). The number of nitrogens with zero attached hydrogens (tertiary/aromatic N) is 2. The molecule has 9 heteroatoms. The van der Waals surface area contributed by atoms with Gasteiger partial charge in [0.05, 0.1) is 29.9 Å². The summed E-state index contributed by atoms with van der Waals surface area (Å²) in [5, 5.41) is 10.7. The maximum atomic E-state index is 14.5. The highest BCUT2D eigenvalue weighted by atomic mass is 19.1. The van der Waals surface area contributed by atoms with E-state index in [-0.39, 0.29) is 17.4 Å². The maximum absolute atomic E-state index is 14.5. The zero-order valence-electron chi connectivity index (χ0n) is 27.4. The maximum Gasteiger partial charge on any atom is 0.232 e. The number of halogens is 1. The predicted molar refractivity (Wildman–Crippen MR) is 176 cm³/mol. The van der Waals surface area contributed by atoms with E-state index >= 15 is 0 Å². The zero-order chi connectivity index (χ0) is 31.2. The molecule has 5 atom stereocenters. The Bertz CT molecular complexity index is 1000. The summed E-state index contributed by atoms with van der Waals surface area (Å²) in [5.41, 5.74) is 14.4. The number of hydrogen-bond acceptors (Lipinski definition) is 7. The van der Waals surface area contributed by atoms with Crippen LogP contribution in [-0.2, 0) is 4.79 Å². The topological polar surface area (TPSA) is 121 Å². The second-order valence-corrected chi connectivity index (χ2v) is 13.3. The summed E-state index contributed by atoms with van der Waals surface area (Å²) >= 11 is 0. The number of hydrogen-bond donors (Lipinski definition) is 5. The van der Waals surface area contributed by atoms with Crippen LogP contribution in [0.15, 0.2) is 34.4 Å². The fourth-order valence-corrected chi connectivity index (χ4v) is 6.84. The van der Waals surface area contributed by atoms with Gasteiger partial charge in [0, 0.05) is 37.4 Å². The summed E-state index contributed by atoms with van der Waals surface area (Å²) in [6, 6.07) is -0.0210. The van der Waals surface area contributed by atoms with Crippen LogP contribution in [0.4, 0.5) is 4.39 Å². The number of rotatable bonds is 17. The van der Waals surface area contributed by atoms with Crippen molar-refractivity contribution in [1.29, 1.82) is 0 Å². The van der Waals surface area contributed by atoms with Gasteiger partial charge in [-0.2, -0.15) is 4.39 Å². The average molecular weight is 602 g/mol. The van der Waals surface area contributed by atoms with Crippen molar-refractivity contribution in [2.24, 2.45) is 27.8 Å². The minimum Gasteiger partial charge on any atom is -0.387 e. The molecular formula is C34H60FN7O. The number of nitrogens with one attached hydrogen (secondary N) is 3. The molecule has 5 unspecified atom stereocenters. The molecule has 0 aliphatic carbocycles. The van der Waals surface area contributed by atoms with Gasteiger partial charge in [-0.15, -0.1) is 0 Å². The molecule has 43 heavy (non-hydrogen) atoms. The van der Waals surface area contributed by atoms with Crippen molar-refractivity contribution >= 4 is 11.8 Å². The number of amides is 1. The molecule has 1 saturated heterocycles. The van der Waals surface area contributed by atoms with E-state index in [0.29, 0.717) is 12.5 Å². The highest BCUT2D eigenvalue weighted by Gasteiger charge is 2.40. The quantitative estimate of drug-likeness (QED) is 0.113. The van der Waals surface area contributed by atoms with Crippen molar-refractivity contribution in [3.05, 3.63) is 29.4 Å². The van der Waals surface area contributed by atoms with Crippen LogP contribution in [0.5, 0.6) is 0 Å². The molecule has 0 bridgehead atoms. The molecule has 0 spiro atoms. The van der Waals surface area contributed by atoms with E-state index in [1.54, 1.807) is 0 Å². The minimum absolute atomic E-state index is 0.0977. The van der Waals surface area contributed by atoms with Crippen molar-refractivity contribution < 1.29 is 9.18 Å². The summed E-state index contributed by atoms with van der Waals surface area (Å²) in [5.74, 6) is 0.909. The monoisotopic (exact) mass is 601 g/mol. The van der Waals surface area contributed by atoms with Crippen molar-refractivity contribution in [3.8, 4) is 0 Å². The smallest absolute Gasteiger partial charge is 0.232 e. The Balaban J connectivity index is 1.88. The van der Waals surface area contributed by atoms with E-state index in [4.69, 9.17) is 11.5 Å². The number of nitrogens with two attached hydrogens (primary N) is 2. The molecular weight excluding hydrogens is 541 g/mol. The Hall–Kier alpha value is -2.03. The van der Waals surface area contributed by atoms with Crippen molar-refractivity contribution in [2.45, 2.75) is 142 Å². The lowest BCUT2D eigenvalue weighted by atomic mass is 9.75. The molecule has 0 aromatic heterocycles. The third kappa shape index (κ3) is 10.8. The Morgan fingerprint density at radius 1 is 1.16 bits per heavy atom. The lowest BCUT2D eigenvalue weighted by Gasteiger charge is -2.38. The normalized spacial score (nSPS) is 27.9. The first-order chi connectivity index (χ1) is 20.7. The first-order valence-electron chi connectivity index (χ1n) is 17.1. The highest BCUT2D eigenvalue weighted by molar-refractivity contribution is 5.82. The van der Waals surface area contributed by atoms with E-state index < -0.39 is 24.0 Å². The summed E-state index contributed by atoms with van der Waals surface area (Å²) in [4.78, 5) is 21.1. The molecule has 1 amide bonds. The lowest BCUT2D eigenvalue weighted by Crippen LogP contribution is -2.55. The molecule has 0 aromatic rings. The van der Waals surface area contributed by atoms with Crippen LogP contribution in [-0.4, -0.2) is 60.7 Å². The first-order valence-corrected chi connectivity index (χ1v) is 17.1. The average Bonchev–Trinajstić information content (AvgIpc) is 3.45. The molecule has 3 aliphatic heterocycles. The summed E-state index contributed by atoms with van der Waals surface area (Å²) in [7, 11) is 0. The Kier molecular flexibility index (Phi) is 14.9. The molecule has 7 N–H and O–H groups in total. The summed E-state index contributed by atoms with van der Waals surface area (Å²) in [6.07, 6.45) is 17.1. The van der Waals surface area contributed by atoms with Crippen LogP contribution in [0, 0.1) is 11.3 Å². The highest BCUT2D eigenvalue weighted by Crippen LogP contribution is 2.36. The van der Waals surface area contributed by atoms with Crippen LogP contribution in [0.3, 0.4) is 0 Å². The van der Waals surface area contributed by atoms with Crippen LogP contribution >= 0.6 is 0 Å². The van der Waals surface area contributed by atoms with E-state index in [1.165, 1.54) is 44.6 Å². The predicted octanol–water partition coefficient (Wildman–Crippen LogP) is 5.37. The number of allylic oxidation sites excluding steroid dienone is 4. The Morgan fingerprint density at radius 2 is 1.91 bits per heavy atom. The number of unbranched alkanes of at least 4 members (excludes halogenated alkanes) is 6. The van der Waals surface area contributed by atoms with Gasteiger partial charge < -0.3 is 27.4 Å². The van der Waals surface area contributed by atoms with Gasteiger partial charge in [-0.1, -0.05) is 85.1 Å². The number of aliphatic imine (C=N–C) groups is 1. The van der Waals surface area contributed by atoms with Gasteiger partial charge in [0.15, 0.2) is 5.83 Å². The van der Waals surface area contributed by atoms with E-state index in [2.05, 4.69) is 59.4 Å². The van der Waals surface area contributed by atoms with Gasteiger partial charge >= 0.3 is 0 Å². The second kappa shape index (κ2) is 18.1. The van der Waals surface area contributed by atoms with Crippen molar-refractivity contribution in [3.63, 3.8) is 0 Å². The van der Waals surface area contributed by atoms with Gasteiger partial charge in [-0.25, -0.2) is 4.99 Å². The molecule has 0 saturated carbocycles. The molecule has 244 valence electrons. The van der Waals surface area contributed by atoms with Crippen LogP contribution in [0.1, 0.15) is 118 Å². The molecule has 0 radical (unpaired) electrons. The molecule has 3 heterocycles. The van der Waals surface area contributed by atoms with Gasteiger partial charge in [0.25, 0.3) is 0 Å². The van der Waals surface area contributed by atoms with Crippen LogP contribution in [0.2, 0.25) is 0 Å². The van der Waals surface area contributed by atoms with E-state index in [0.717, 1.165) is 76.1 Å². The second-order valence-electron chi connectivity index (χ2n) is 13.3. The molecule has 3 aliphatic rings. The standard InChI is InChI=1S/C34H60FN7O/c1-5-8-11-12-13-15-27-31(29(17-20-38-27)42-23-26(40-24-42)14-9-6-2)41-33(43)30(32(36)37)28-21-34(4,18-10-7-3)19-16-25(35)22-39-28/h16,19,26,28-30,32,38,40H,5-15,17-18,20-21,23-24,36-37H2,1-4H3,(H,41,43)/b19-16-. The largest absolute Gasteiger partial charge is 0.387 e. The fourth-order valence-electron chi connectivity index (χ4n) is 6.84. The van der Waals surface area contributed by atoms with Gasteiger partial charge in [-0.3, -0.25) is 9.69 Å². The summed E-state index contributed by atoms with van der Waals surface area (Å²) < 4.78 is 14.5. The fraction of sp³-hybridized carbons (Fsp3) is 0.794. The number of carbonyl (C=O) groups excluding carboxylic acids is 1. The van der Waals surface area contributed by atoms with Crippen LogP contribution in [0.25, 0.3) is 0 Å². The third-order valence-electron chi connectivity index (χ3n) is 9.47. The van der Waals surface area contributed by atoms with Crippen molar-refractivity contribution in [1.82, 2.24) is 20.9 Å². The van der Waals surface area contributed by atoms with E-state index in [1.807, 2.05) is 6.08 Å². The van der Waals surface area contributed by atoms with Crippen LogP contribution < -0.4 is 27.4 Å². The molecule has 1 fully saturated rings. The molecule has 8 nitrogen and oxygen atoms in total. The first kappa shape index (κ1) is 35.4. The van der Waals surface area contributed by atoms with Gasteiger partial charge in [0.2, 0.25) is 5.91 Å². The third-order valence-corrected chi connectivity index (χ3v) is 9.47. The minimum atomic E-state index is -0.947. The molecule has 0 aromatic carbocycles. The summed E-state index contributed by atoms with van der Waals surface area (Å²) in [6.45, 7) is 11.4.